The quantitative estimate of drug-likeness (QED) is 0.858. The molecule has 25 heavy (non-hydrogen) atoms. The zero-order valence-corrected chi connectivity index (χ0v) is 13.9. The minimum Gasteiger partial charge on any atom is -0.372 e. The SMILES string of the molecule is Cc1cc(N2CCCC2)ccc1NC(=O)c1ccc(C(F)(F)F)cc1. The van der Waals surface area contributed by atoms with Crippen LogP contribution in [-0.4, -0.2) is 19.0 Å². The van der Waals surface area contributed by atoms with Crippen molar-refractivity contribution in [1.82, 2.24) is 0 Å². The van der Waals surface area contributed by atoms with Crippen LogP contribution in [0.15, 0.2) is 42.5 Å². The van der Waals surface area contributed by atoms with Crippen LogP contribution in [0.25, 0.3) is 0 Å². The smallest absolute Gasteiger partial charge is 0.372 e. The molecule has 0 aromatic heterocycles. The monoisotopic (exact) mass is 348 g/mol. The van der Waals surface area contributed by atoms with Crippen LogP contribution < -0.4 is 10.2 Å². The average Bonchev–Trinajstić information content (AvgIpc) is 3.10. The molecule has 2 aromatic carbocycles. The first kappa shape index (κ1) is 17.3. The molecule has 0 atom stereocenters. The minimum absolute atomic E-state index is 0.191. The van der Waals surface area contributed by atoms with Crippen molar-refractivity contribution in [3.05, 3.63) is 59.2 Å². The molecule has 1 aliphatic heterocycles. The third-order valence-electron chi connectivity index (χ3n) is 4.40. The number of carbonyl (C=O) groups excluding carboxylic acids is 1. The zero-order valence-electron chi connectivity index (χ0n) is 13.9. The Hall–Kier alpha value is -2.50. The average molecular weight is 348 g/mol. The van der Waals surface area contributed by atoms with Crippen LogP contribution in [0.1, 0.15) is 34.3 Å². The van der Waals surface area contributed by atoms with Crippen LogP contribution in [0.4, 0.5) is 24.5 Å². The molecular weight excluding hydrogens is 329 g/mol. The summed E-state index contributed by atoms with van der Waals surface area (Å²) in [6, 6.07) is 10.0. The Kier molecular flexibility index (Phi) is 4.70. The number of alkyl halides is 3. The van der Waals surface area contributed by atoms with Gasteiger partial charge in [-0.15, -0.1) is 0 Å². The molecule has 132 valence electrons. The molecule has 1 saturated heterocycles. The van der Waals surface area contributed by atoms with Crippen LogP contribution in [0.2, 0.25) is 0 Å². The first-order valence-corrected chi connectivity index (χ1v) is 8.19. The second-order valence-electron chi connectivity index (χ2n) is 6.22. The lowest BCUT2D eigenvalue weighted by atomic mass is 10.1. The Labute approximate surface area is 144 Å². The van der Waals surface area contributed by atoms with E-state index < -0.39 is 17.6 Å². The molecule has 0 spiro atoms. The highest BCUT2D eigenvalue weighted by Crippen LogP contribution is 2.29. The molecule has 1 fully saturated rings. The van der Waals surface area contributed by atoms with Crippen molar-refractivity contribution in [2.75, 3.05) is 23.3 Å². The van der Waals surface area contributed by atoms with Crippen molar-refractivity contribution in [3.8, 4) is 0 Å². The van der Waals surface area contributed by atoms with E-state index in [9.17, 15) is 18.0 Å². The van der Waals surface area contributed by atoms with Gasteiger partial charge in [-0.25, -0.2) is 0 Å². The summed E-state index contributed by atoms with van der Waals surface area (Å²) in [5.41, 5.74) is 2.13. The minimum atomic E-state index is -4.41. The molecule has 6 heteroatoms. The van der Waals surface area contributed by atoms with Crippen molar-refractivity contribution in [2.24, 2.45) is 0 Å². The van der Waals surface area contributed by atoms with Crippen LogP contribution in [0.5, 0.6) is 0 Å². The molecule has 0 aliphatic carbocycles. The predicted octanol–water partition coefficient (Wildman–Crippen LogP) is 4.87. The summed E-state index contributed by atoms with van der Waals surface area (Å²) in [5.74, 6) is -0.425. The van der Waals surface area contributed by atoms with E-state index in [1.807, 2.05) is 25.1 Å². The lowest BCUT2D eigenvalue weighted by molar-refractivity contribution is -0.137. The normalized spacial score (nSPS) is 14.6. The summed E-state index contributed by atoms with van der Waals surface area (Å²) >= 11 is 0. The number of hydrogen-bond acceptors (Lipinski definition) is 2. The Morgan fingerprint density at radius 3 is 2.24 bits per heavy atom. The fourth-order valence-electron chi connectivity index (χ4n) is 2.97. The van der Waals surface area contributed by atoms with Gasteiger partial charge in [-0.1, -0.05) is 0 Å². The standard InChI is InChI=1S/C19H19F3N2O/c1-13-12-16(24-10-2-3-11-24)8-9-17(13)23-18(25)14-4-6-15(7-5-14)19(20,21)22/h4-9,12H,2-3,10-11H2,1H3,(H,23,25). The third kappa shape index (κ3) is 3.95. The lowest BCUT2D eigenvalue weighted by Crippen LogP contribution is -2.18. The number of nitrogens with zero attached hydrogens (tertiary/aromatic N) is 1. The van der Waals surface area contributed by atoms with Crippen LogP contribution >= 0.6 is 0 Å². The van der Waals surface area contributed by atoms with E-state index in [0.29, 0.717) is 5.69 Å². The highest BCUT2D eigenvalue weighted by atomic mass is 19.4. The summed E-state index contributed by atoms with van der Waals surface area (Å²) in [5, 5.41) is 2.76. The summed E-state index contributed by atoms with van der Waals surface area (Å²) in [6.45, 7) is 3.98. The van der Waals surface area contributed by atoms with Gasteiger partial charge in [-0.2, -0.15) is 13.2 Å². The molecule has 1 amide bonds. The topological polar surface area (TPSA) is 32.3 Å². The summed E-state index contributed by atoms with van der Waals surface area (Å²) in [7, 11) is 0. The van der Waals surface area contributed by atoms with E-state index in [2.05, 4.69) is 10.2 Å². The first-order valence-electron chi connectivity index (χ1n) is 8.19. The molecule has 0 bridgehead atoms. The Morgan fingerprint density at radius 1 is 1.04 bits per heavy atom. The first-order chi connectivity index (χ1) is 11.8. The van der Waals surface area contributed by atoms with Gasteiger partial charge >= 0.3 is 6.18 Å². The molecule has 2 aromatic rings. The molecule has 1 aliphatic rings. The zero-order chi connectivity index (χ0) is 18.0. The van der Waals surface area contributed by atoms with E-state index in [0.717, 1.165) is 36.5 Å². The van der Waals surface area contributed by atoms with Gasteiger partial charge in [0.1, 0.15) is 0 Å². The van der Waals surface area contributed by atoms with Crippen molar-refractivity contribution in [2.45, 2.75) is 25.9 Å². The van der Waals surface area contributed by atoms with Gasteiger partial charge in [0.2, 0.25) is 0 Å². The Bertz CT molecular complexity index is 763. The van der Waals surface area contributed by atoms with E-state index >= 15 is 0 Å². The van der Waals surface area contributed by atoms with Crippen molar-refractivity contribution >= 4 is 17.3 Å². The highest BCUT2D eigenvalue weighted by molar-refractivity contribution is 6.04. The summed E-state index contributed by atoms with van der Waals surface area (Å²) in [6.07, 6.45) is -2.03. The molecule has 1 heterocycles. The number of halogens is 3. The fraction of sp³-hybridized carbons (Fsp3) is 0.316. The van der Waals surface area contributed by atoms with E-state index in [4.69, 9.17) is 0 Å². The van der Waals surface area contributed by atoms with Crippen LogP contribution in [-0.2, 0) is 6.18 Å². The number of nitrogens with one attached hydrogen (secondary N) is 1. The largest absolute Gasteiger partial charge is 0.416 e. The van der Waals surface area contributed by atoms with E-state index in [-0.39, 0.29) is 5.56 Å². The van der Waals surface area contributed by atoms with Crippen molar-refractivity contribution < 1.29 is 18.0 Å². The molecule has 3 rings (SSSR count). The van der Waals surface area contributed by atoms with Crippen LogP contribution in [0, 0.1) is 6.92 Å². The van der Waals surface area contributed by atoms with Gasteiger partial charge in [0.15, 0.2) is 0 Å². The number of carbonyl (C=O) groups is 1. The number of amides is 1. The second-order valence-corrected chi connectivity index (χ2v) is 6.22. The van der Waals surface area contributed by atoms with Gasteiger partial charge in [0, 0.05) is 30.0 Å². The van der Waals surface area contributed by atoms with Gasteiger partial charge in [0.25, 0.3) is 5.91 Å². The maximum Gasteiger partial charge on any atom is 0.416 e. The Morgan fingerprint density at radius 2 is 1.68 bits per heavy atom. The second kappa shape index (κ2) is 6.78. The van der Waals surface area contributed by atoms with Crippen molar-refractivity contribution in [3.63, 3.8) is 0 Å². The van der Waals surface area contributed by atoms with Gasteiger partial charge in [-0.05, 0) is 67.8 Å². The fourth-order valence-corrected chi connectivity index (χ4v) is 2.97. The maximum atomic E-state index is 12.6. The molecule has 3 nitrogen and oxygen atoms in total. The molecular formula is C19H19F3N2O. The summed E-state index contributed by atoms with van der Waals surface area (Å²) < 4.78 is 37.7. The van der Waals surface area contributed by atoms with Crippen LogP contribution in [0.3, 0.4) is 0 Å². The molecule has 0 radical (unpaired) electrons. The highest BCUT2D eigenvalue weighted by Gasteiger charge is 2.30. The van der Waals surface area contributed by atoms with E-state index in [1.165, 1.54) is 25.0 Å². The molecule has 0 unspecified atom stereocenters. The predicted molar refractivity (Wildman–Crippen MR) is 92.0 cm³/mol. The number of aryl methyl sites for hydroxylation is 1. The van der Waals surface area contributed by atoms with Gasteiger partial charge in [-0.3, -0.25) is 4.79 Å². The van der Waals surface area contributed by atoms with Gasteiger partial charge < -0.3 is 10.2 Å². The lowest BCUT2D eigenvalue weighted by Gasteiger charge is -2.19. The number of rotatable bonds is 3. The van der Waals surface area contributed by atoms with E-state index in [1.54, 1.807) is 0 Å². The molecule has 1 N–H and O–H groups in total. The summed E-state index contributed by atoms with van der Waals surface area (Å²) in [4.78, 5) is 14.6. The number of hydrogen-bond donors (Lipinski definition) is 1. The van der Waals surface area contributed by atoms with Gasteiger partial charge in [0.05, 0.1) is 5.56 Å². The number of benzene rings is 2. The maximum absolute atomic E-state index is 12.6. The third-order valence-corrected chi connectivity index (χ3v) is 4.40. The molecule has 0 saturated carbocycles. The van der Waals surface area contributed by atoms with Crippen molar-refractivity contribution in [1.29, 1.82) is 0 Å². The Balaban J connectivity index is 1.72. The number of anilines is 2.